The highest BCUT2D eigenvalue weighted by molar-refractivity contribution is 5.85. The number of aliphatic hydroxyl groups is 1. The SMILES string of the molecule is COc1cccc([C@@]2(O)CCCC[C@@H]2CN(C)C)c1.[Cl]. The number of ether oxygens (including phenoxy) is 1. The summed E-state index contributed by atoms with van der Waals surface area (Å²) in [6.45, 7) is 0.924. The first kappa shape index (κ1) is 17.3. The quantitative estimate of drug-likeness (QED) is 0.925. The summed E-state index contributed by atoms with van der Waals surface area (Å²) in [4.78, 5) is 2.17. The molecule has 20 heavy (non-hydrogen) atoms. The van der Waals surface area contributed by atoms with Crippen molar-refractivity contribution in [2.24, 2.45) is 5.92 Å². The van der Waals surface area contributed by atoms with Gasteiger partial charge in [-0.15, -0.1) is 0 Å². The predicted molar refractivity (Wildman–Crippen MR) is 83.3 cm³/mol. The summed E-state index contributed by atoms with van der Waals surface area (Å²) in [6.07, 6.45) is 4.24. The minimum absolute atomic E-state index is 0. The van der Waals surface area contributed by atoms with Crippen LogP contribution in [-0.2, 0) is 5.60 Å². The van der Waals surface area contributed by atoms with Gasteiger partial charge in [-0.05, 0) is 44.6 Å². The topological polar surface area (TPSA) is 32.7 Å². The summed E-state index contributed by atoms with van der Waals surface area (Å²) in [6, 6.07) is 7.90. The van der Waals surface area contributed by atoms with Gasteiger partial charge in [0.25, 0.3) is 0 Å². The van der Waals surface area contributed by atoms with Crippen molar-refractivity contribution in [3.05, 3.63) is 29.8 Å². The second kappa shape index (κ2) is 7.30. The highest BCUT2D eigenvalue weighted by atomic mass is 35.5. The molecular formula is C16H25ClNO2. The smallest absolute Gasteiger partial charge is 0.119 e. The number of hydrogen-bond acceptors (Lipinski definition) is 3. The van der Waals surface area contributed by atoms with Gasteiger partial charge in [0.05, 0.1) is 12.7 Å². The lowest BCUT2D eigenvalue weighted by Gasteiger charge is -2.41. The van der Waals surface area contributed by atoms with Gasteiger partial charge < -0.3 is 14.7 Å². The molecule has 1 aliphatic rings. The summed E-state index contributed by atoms with van der Waals surface area (Å²) in [5.74, 6) is 1.11. The van der Waals surface area contributed by atoms with E-state index in [0.29, 0.717) is 5.92 Å². The van der Waals surface area contributed by atoms with Crippen molar-refractivity contribution in [3.63, 3.8) is 0 Å². The van der Waals surface area contributed by atoms with E-state index in [1.54, 1.807) is 7.11 Å². The van der Waals surface area contributed by atoms with Crippen molar-refractivity contribution < 1.29 is 9.84 Å². The van der Waals surface area contributed by atoms with E-state index >= 15 is 0 Å². The molecule has 0 unspecified atom stereocenters. The van der Waals surface area contributed by atoms with Crippen LogP contribution in [-0.4, -0.2) is 37.8 Å². The molecule has 1 saturated carbocycles. The van der Waals surface area contributed by atoms with Crippen molar-refractivity contribution in [3.8, 4) is 5.75 Å². The fraction of sp³-hybridized carbons (Fsp3) is 0.625. The first-order chi connectivity index (χ1) is 9.06. The lowest BCUT2D eigenvalue weighted by molar-refractivity contribution is -0.0619. The molecule has 1 aliphatic carbocycles. The number of hydrogen-bond donors (Lipinski definition) is 1. The summed E-state index contributed by atoms with van der Waals surface area (Å²) in [7, 11) is 5.81. The van der Waals surface area contributed by atoms with Crippen molar-refractivity contribution in [1.29, 1.82) is 0 Å². The predicted octanol–water partition coefficient (Wildman–Crippen LogP) is 3.32. The van der Waals surface area contributed by atoms with Crippen molar-refractivity contribution in [2.45, 2.75) is 31.3 Å². The van der Waals surface area contributed by atoms with E-state index in [9.17, 15) is 5.11 Å². The van der Waals surface area contributed by atoms with Gasteiger partial charge in [0, 0.05) is 24.9 Å². The fourth-order valence-corrected chi connectivity index (χ4v) is 3.18. The molecule has 0 aromatic heterocycles. The third-order valence-electron chi connectivity index (χ3n) is 4.19. The van der Waals surface area contributed by atoms with E-state index in [1.807, 2.05) is 24.3 Å². The van der Waals surface area contributed by atoms with Gasteiger partial charge in [0.2, 0.25) is 0 Å². The van der Waals surface area contributed by atoms with Gasteiger partial charge >= 0.3 is 0 Å². The Bertz CT molecular complexity index is 425. The maximum Gasteiger partial charge on any atom is 0.119 e. The Hall–Kier alpha value is -0.770. The Morgan fingerprint density at radius 2 is 2.10 bits per heavy atom. The Morgan fingerprint density at radius 1 is 1.35 bits per heavy atom. The van der Waals surface area contributed by atoms with Crippen LogP contribution in [0.3, 0.4) is 0 Å². The summed E-state index contributed by atoms with van der Waals surface area (Å²) in [5.41, 5.74) is 0.287. The number of nitrogens with zero attached hydrogens (tertiary/aromatic N) is 1. The number of methoxy groups -OCH3 is 1. The molecule has 1 radical (unpaired) electrons. The first-order valence-corrected chi connectivity index (χ1v) is 7.08. The molecule has 1 aromatic carbocycles. The molecule has 113 valence electrons. The van der Waals surface area contributed by atoms with Crippen molar-refractivity contribution >= 4 is 12.4 Å². The number of halogens is 1. The van der Waals surface area contributed by atoms with Crippen LogP contribution in [0, 0.1) is 5.92 Å². The van der Waals surface area contributed by atoms with E-state index in [0.717, 1.165) is 37.1 Å². The van der Waals surface area contributed by atoms with E-state index < -0.39 is 5.60 Å². The van der Waals surface area contributed by atoms with Gasteiger partial charge in [-0.1, -0.05) is 25.0 Å². The van der Waals surface area contributed by atoms with E-state index in [1.165, 1.54) is 6.42 Å². The van der Waals surface area contributed by atoms with Gasteiger partial charge in [0.1, 0.15) is 5.75 Å². The molecule has 2 rings (SSSR count). The lowest BCUT2D eigenvalue weighted by atomic mass is 9.71. The highest BCUT2D eigenvalue weighted by Crippen LogP contribution is 2.42. The standard InChI is InChI=1S/C16H25NO2.Cl/c1-17(2)12-14-7-4-5-10-16(14,18)13-8-6-9-15(11-13)19-3;/h6,8-9,11,14,18H,4-5,7,10,12H2,1-3H3;/t14-,16+;/m1./s1. The van der Waals surface area contributed by atoms with Crippen LogP contribution in [0.5, 0.6) is 5.75 Å². The molecular weight excluding hydrogens is 274 g/mol. The minimum atomic E-state index is -0.711. The zero-order chi connectivity index (χ0) is 13.9. The van der Waals surface area contributed by atoms with E-state index in [-0.39, 0.29) is 12.4 Å². The second-order valence-electron chi connectivity index (χ2n) is 5.86. The number of rotatable bonds is 4. The van der Waals surface area contributed by atoms with Gasteiger partial charge in [-0.25, -0.2) is 0 Å². The molecule has 4 heteroatoms. The second-order valence-corrected chi connectivity index (χ2v) is 5.86. The molecule has 1 aromatic rings. The highest BCUT2D eigenvalue weighted by Gasteiger charge is 2.40. The van der Waals surface area contributed by atoms with Crippen LogP contribution in [0.15, 0.2) is 24.3 Å². The first-order valence-electron chi connectivity index (χ1n) is 7.08. The molecule has 2 atom stereocenters. The molecule has 0 amide bonds. The molecule has 1 fully saturated rings. The van der Waals surface area contributed by atoms with Crippen LogP contribution in [0.2, 0.25) is 0 Å². The summed E-state index contributed by atoms with van der Waals surface area (Å²) < 4.78 is 5.29. The zero-order valence-electron chi connectivity index (χ0n) is 12.6. The fourth-order valence-electron chi connectivity index (χ4n) is 3.18. The van der Waals surface area contributed by atoms with Crippen LogP contribution >= 0.6 is 12.4 Å². The average molecular weight is 299 g/mol. The minimum Gasteiger partial charge on any atom is -0.497 e. The Labute approximate surface area is 128 Å². The normalized spacial score (nSPS) is 26.1. The van der Waals surface area contributed by atoms with E-state index in [4.69, 9.17) is 4.74 Å². The number of benzene rings is 1. The monoisotopic (exact) mass is 298 g/mol. The molecule has 0 aliphatic heterocycles. The van der Waals surface area contributed by atoms with Crippen molar-refractivity contribution in [2.75, 3.05) is 27.7 Å². The van der Waals surface area contributed by atoms with Crippen LogP contribution in [0.1, 0.15) is 31.2 Å². The van der Waals surface area contributed by atoms with Gasteiger partial charge in [-0.2, -0.15) is 0 Å². The third kappa shape index (κ3) is 3.66. The Morgan fingerprint density at radius 3 is 2.75 bits per heavy atom. The molecule has 0 heterocycles. The average Bonchev–Trinajstić information content (AvgIpc) is 2.41. The molecule has 0 bridgehead atoms. The third-order valence-corrected chi connectivity index (χ3v) is 4.19. The van der Waals surface area contributed by atoms with Gasteiger partial charge in [0.15, 0.2) is 0 Å². The van der Waals surface area contributed by atoms with Crippen LogP contribution in [0.25, 0.3) is 0 Å². The zero-order valence-corrected chi connectivity index (χ0v) is 13.4. The van der Waals surface area contributed by atoms with Crippen LogP contribution in [0.4, 0.5) is 0 Å². The van der Waals surface area contributed by atoms with Crippen LogP contribution < -0.4 is 4.74 Å². The van der Waals surface area contributed by atoms with E-state index in [2.05, 4.69) is 19.0 Å². The lowest BCUT2D eigenvalue weighted by Crippen LogP contribution is -2.43. The maximum absolute atomic E-state index is 11.2. The summed E-state index contributed by atoms with van der Waals surface area (Å²) >= 11 is 0. The molecule has 0 saturated heterocycles. The van der Waals surface area contributed by atoms with Crippen molar-refractivity contribution in [1.82, 2.24) is 4.90 Å². The maximum atomic E-state index is 11.2. The molecule has 0 spiro atoms. The van der Waals surface area contributed by atoms with Gasteiger partial charge in [-0.3, -0.25) is 0 Å². The Kier molecular flexibility index (Phi) is 6.31. The Balaban J connectivity index is 0.00000200. The largest absolute Gasteiger partial charge is 0.497 e. The summed E-state index contributed by atoms with van der Waals surface area (Å²) in [5, 5.41) is 11.2. The molecule has 3 nitrogen and oxygen atoms in total. The molecule has 1 N–H and O–H groups in total.